The van der Waals surface area contributed by atoms with Crippen LogP contribution in [-0.4, -0.2) is 80.5 Å². The largest absolute Gasteiger partial charge is 0.472 e. The van der Waals surface area contributed by atoms with Gasteiger partial charge in [-0.1, -0.05) is 121 Å². The first kappa shape index (κ1) is 45.9. The molecule has 312 valence electrons. The number of nitrogens with zero attached hydrogens (tertiary/aromatic N) is 3. The molecule has 6 atom stereocenters. The quantitative estimate of drug-likeness (QED) is 0.0354. The van der Waals surface area contributed by atoms with Crippen molar-refractivity contribution in [3.63, 3.8) is 0 Å². The van der Waals surface area contributed by atoms with Crippen molar-refractivity contribution in [2.24, 2.45) is 0 Å². The highest BCUT2D eigenvalue weighted by molar-refractivity contribution is 7.47. The molecule has 1 saturated heterocycles. The van der Waals surface area contributed by atoms with Gasteiger partial charge in [-0.2, -0.15) is 5.10 Å². The predicted octanol–water partition coefficient (Wildman–Crippen LogP) is 8.12. The standard InChI is InChI=1S/C42H63FN3O9P/c1-4-6-7-8-9-10-11-12-13-14-15-16-17-18-19-20-27-51-29-36(52-28-34-21-23-35(43)24-22-34)30-53-56(49,50)54-31-38-40(47)41(48)42(5-2,55-38)39-26-25-37-33(3)44-32-45-46(37)39/h2,21-26,32,36,38,40-41,47-48H,4,6-20,27-31H2,1,3H3,(H,49,50)/t36-,38-,40-,41-,42+/m1/s1. The highest BCUT2D eigenvalue weighted by Crippen LogP contribution is 2.46. The van der Waals surface area contributed by atoms with Crippen molar-refractivity contribution >= 4 is 13.3 Å². The molecule has 3 heterocycles. The van der Waals surface area contributed by atoms with Crippen LogP contribution in [0.1, 0.15) is 127 Å². The topological polar surface area (TPSA) is 154 Å². The summed E-state index contributed by atoms with van der Waals surface area (Å²) in [6.07, 6.45) is 22.4. The Balaban J connectivity index is 1.17. The van der Waals surface area contributed by atoms with Crippen LogP contribution < -0.4 is 0 Å². The van der Waals surface area contributed by atoms with Crippen molar-refractivity contribution in [1.82, 2.24) is 14.6 Å². The van der Waals surface area contributed by atoms with E-state index in [2.05, 4.69) is 22.9 Å². The van der Waals surface area contributed by atoms with E-state index < -0.39 is 44.4 Å². The molecule has 12 nitrogen and oxygen atoms in total. The van der Waals surface area contributed by atoms with Crippen LogP contribution in [-0.2, 0) is 40.0 Å². The number of unbranched alkanes of at least 4 members (excludes halogenated alkanes) is 15. The highest BCUT2D eigenvalue weighted by Gasteiger charge is 2.56. The Bertz CT molecular complexity index is 1650. The van der Waals surface area contributed by atoms with E-state index in [1.807, 2.05) is 0 Å². The van der Waals surface area contributed by atoms with Crippen LogP contribution in [0.2, 0.25) is 0 Å². The van der Waals surface area contributed by atoms with E-state index in [9.17, 15) is 24.1 Å². The SMILES string of the molecule is C#C[C@@]1(c2ccc3c(C)ncnn23)O[C@H](COP(=O)(O)OC[C@@H](COCCCCCCCCCCCCCCCCCC)OCc2ccc(F)cc2)[C@@H](O)[C@H]1O. The Morgan fingerprint density at radius 1 is 0.911 bits per heavy atom. The molecule has 3 N–H and O–H groups in total. The van der Waals surface area contributed by atoms with Crippen molar-refractivity contribution in [3.05, 3.63) is 65.5 Å². The fourth-order valence-corrected chi connectivity index (χ4v) is 7.75. The van der Waals surface area contributed by atoms with E-state index in [1.165, 1.54) is 106 Å². The average molecular weight is 804 g/mol. The lowest BCUT2D eigenvalue weighted by Gasteiger charge is -2.26. The van der Waals surface area contributed by atoms with Gasteiger partial charge in [0.2, 0.25) is 0 Å². The zero-order valence-electron chi connectivity index (χ0n) is 33.2. The van der Waals surface area contributed by atoms with Crippen LogP contribution in [0.5, 0.6) is 0 Å². The average Bonchev–Trinajstić information content (AvgIpc) is 3.74. The molecule has 2 aromatic heterocycles. The maximum atomic E-state index is 13.4. The Morgan fingerprint density at radius 2 is 1.52 bits per heavy atom. The minimum Gasteiger partial charge on any atom is -0.387 e. The van der Waals surface area contributed by atoms with Crippen molar-refractivity contribution in [1.29, 1.82) is 0 Å². The second-order valence-electron chi connectivity index (χ2n) is 14.8. The summed E-state index contributed by atoms with van der Waals surface area (Å²) < 4.78 is 56.2. The summed E-state index contributed by atoms with van der Waals surface area (Å²) in [5.74, 6) is 2.07. The third-order valence-electron chi connectivity index (χ3n) is 10.4. The number of halogens is 1. The highest BCUT2D eigenvalue weighted by atomic mass is 31.2. The van der Waals surface area contributed by atoms with Gasteiger partial charge in [0.05, 0.1) is 43.3 Å². The van der Waals surface area contributed by atoms with E-state index >= 15 is 0 Å². The Morgan fingerprint density at radius 3 is 2.12 bits per heavy atom. The zero-order valence-corrected chi connectivity index (χ0v) is 34.1. The van der Waals surface area contributed by atoms with Gasteiger partial charge in [-0.05, 0) is 43.2 Å². The summed E-state index contributed by atoms with van der Waals surface area (Å²) >= 11 is 0. The monoisotopic (exact) mass is 803 g/mol. The molecule has 4 rings (SSSR count). The summed E-state index contributed by atoms with van der Waals surface area (Å²) in [6.45, 7) is 3.76. The van der Waals surface area contributed by atoms with E-state index in [4.69, 9.17) is 29.7 Å². The normalized spacial score (nSPS) is 21.3. The third kappa shape index (κ3) is 14.3. The van der Waals surface area contributed by atoms with Crippen LogP contribution in [0.4, 0.5) is 4.39 Å². The number of aromatic nitrogens is 3. The molecule has 1 aliphatic heterocycles. The molecule has 0 bridgehead atoms. The Hall–Kier alpha value is -2.76. The van der Waals surface area contributed by atoms with Crippen LogP contribution in [0.15, 0.2) is 42.7 Å². The third-order valence-corrected chi connectivity index (χ3v) is 11.3. The minimum atomic E-state index is -4.72. The Labute approximate surface area is 332 Å². The van der Waals surface area contributed by atoms with E-state index in [0.717, 1.165) is 19.3 Å². The summed E-state index contributed by atoms with van der Waals surface area (Å²) in [6, 6.07) is 9.16. The second kappa shape index (κ2) is 24.2. The van der Waals surface area contributed by atoms with Gasteiger partial charge in [-0.3, -0.25) is 9.05 Å². The number of hydrogen-bond donors (Lipinski definition) is 3. The smallest absolute Gasteiger partial charge is 0.387 e. The molecule has 3 aromatic rings. The fourth-order valence-electron chi connectivity index (χ4n) is 6.99. The molecular weight excluding hydrogens is 740 g/mol. The van der Waals surface area contributed by atoms with Crippen LogP contribution >= 0.6 is 7.82 Å². The molecule has 0 spiro atoms. The van der Waals surface area contributed by atoms with Gasteiger partial charge in [-0.15, -0.1) is 6.42 Å². The number of fused-ring (bicyclic) bond motifs is 1. The Kier molecular flexibility index (Phi) is 19.9. The lowest BCUT2D eigenvalue weighted by atomic mass is 9.92. The molecule has 56 heavy (non-hydrogen) atoms. The molecule has 1 fully saturated rings. The molecule has 0 radical (unpaired) electrons. The molecule has 1 aliphatic rings. The number of rotatable bonds is 29. The second-order valence-corrected chi connectivity index (χ2v) is 16.3. The van der Waals surface area contributed by atoms with Crippen LogP contribution in [0.3, 0.4) is 0 Å². The maximum absolute atomic E-state index is 13.4. The molecule has 14 heteroatoms. The number of phosphoric acid groups is 1. The van der Waals surface area contributed by atoms with Gasteiger partial charge in [0.15, 0.2) is 5.60 Å². The van der Waals surface area contributed by atoms with Crippen LogP contribution in [0, 0.1) is 25.1 Å². The van der Waals surface area contributed by atoms with Gasteiger partial charge >= 0.3 is 7.82 Å². The molecule has 0 aliphatic carbocycles. The lowest BCUT2D eigenvalue weighted by Crippen LogP contribution is -2.41. The number of aliphatic hydroxyl groups is 2. The lowest BCUT2D eigenvalue weighted by molar-refractivity contribution is -0.0681. The van der Waals surface area contributed by atoms with Crippen LogP contribution in [0.25, 0.3) is 5.52 Å². The summed E-state index contributed by atoms with van der Waals surface area (Å²) in [4.78, 5) is 14.7. The number of aryl methyl sites for hydroxylation is 1. The van der Waals surface area contributed by atoms with Crippen molar-refractivity contribution in [2.45, 2.75) is 153 Å². The number of hydrogen-bond acceptors (Lipinski definition) is 10. The fraction of sp³-hybridized carbons (Fsp3) is 0.667. The molecule has 0 saturated carbocycles. The van der Waals surface area contributed by atoms with Gasteiger partial charge < -0.3 is 29.3 Å². The zero-order chi connectivity index (χ0) is 40.2. The maximum Gasteiger partial charge on any atom is 0.472 e. The van der Waals surface area contributed by atoms with E-state index in [1.54, 1.807) is 31.2 Å². The number of terminal acetylenes is 1. The van der Waals surface area contributed by atoms with Crippen molar-refractivity contribution < 1.29 is 47.3 Å². The predicted molar refractivity (Wildman–Crippen MR) is 212 cm³/mol. The number of phosphoric ester groups is 1. The van der Waals surface area contributed by atoms with Gasteiger partial charge in [0.25, 0.3) is 0 Å². The first-order chi connectivity index (χ1) is 27.1. The molecular formula is C42H63FN3O9P. The summed E-state index contributed by atoms with van der Waals surface area (Å²) in [5.41, 5.74) is 0.441. The number of aliphatic hydroxyl groups excluding tert-OH is 2. The molecule has 0 amide bonds. The summed E-state index contributed by atoms with van der Waals surface area (Å²) in [7, 11) is -4.72. The van der Waals surface area contributed by atoms with E-state index in [-0.39, 0.29) is 31.3 Å². The van der Waals surface area contributed by atoms with E-state index in [0.29, 0.717) is 23.4 Å². The van der Waals surface area contributed by atoms with Gasteiger partial charge in [-0.25, -0.2) is 18.5 Å². The van der Waals surface area contributed by atoms with Crippen molar-refractivity contribution in [3.8, 4) is 12.3 Å². The molecule has 1 aromatic carbocycles. The first-order valence-corrected chi connectivity index (χ1v) is 22.0. The minimum absolute atomic E-state index is 0.0928. The summed E-state index contributed by atoms with van der Waals surface area (Å²) in [5, 5.41) is 26.1. The van der Waals surface area contributed by atoms with Gasteiger partial charge in [0, 0.05) is 6.61 Å². The number of benzene rings is 1. The first-order valence-electron chi connectivity index (χ1n) is 20.5. The molecule has 1 unspecified atom stereocenters. The van der Waals surface area contributed by atoms with Crippen molar-refractivity contribution in [2.75, 3.05) is 26.4 Å². The number of ether oxygens (including phenoxy) is 3. The van der Waals surface area contributed by atoms with Gasteiger partial charge in [0.1, 0.15) is 36.6 Å².